The van der Waals surface area contributed by atoms with Gasteiger partial charge in [0, 0.05) is 16.7 Å². The Bertz CT molecular complexity index is 584. The highest BCUT2D eigenvalue weighted by atomic mass is 16.5. The first-order valence-corrected chi connectivity index (χ1v) is 5.52. The second kappa shape index (κ2) is 3.67. The van der Waals surface area contributed by atoms with Crippen molar-refractivity contribution in [3.05, 3.63) is 65.4 Å². The fraction of sp³-hybridized carbons (Fsp3) is 0.0667. The third-order valence-electron chi connectivity index (χ3n) is 2.88. The van der Waals surface area contributed by atoms with Crippen molar-refractivity contribution in [1.29, 1.82) is 1.43 Å². The summed E-state index contributed by atoms with van der Waals surface area (Å²) >= 11 is 0. The highest BCUT2D eigenvalue weighted by molar-refractivity contribution is 5.88. The minimum absolute atomic E-state index is 0.568. The summed E-state index contributed by atoms with van der Waals surface area (Å²) in [6.07, 6.45) is 0. The molecule has 2 aromatic carbocycles. The molecule has 1 heterocycles. The standard InChI is InChI=1S/C15H12O2/c1-10(16)15-11-6-2-4-8-13(11)17-14-9-5-3-7-12(14)15/h2-9,16H,1H3/i/hD. The summed E-state index contributed by atoms with van der Waals surface area (Å²) in [6.45, 7) is 1.79. The minimum atomic E-state index is 0.568. The molecule has 0 saturated carbocycles. The summed E-state index contributed by atoms with van der Waals surface area (Å²) in [4.78, 5) is 0. The van der Waals surface area contributed by atoms with Crippen molar-refractivity contribution in [1.82, 2.24) is 0 Å². The van der Waals surface area contributed by atoms with E-state index >= 15 is 0 Å². The fourth-order valence-corrected chi connectivity index (χ4v) is 2.17. The summed E-state index contributed by atoms with van der Waals surface area (Å²) in [5.74, 6) is 2.16. The quantitative estimate of drug-likeness (QED) is 0.631. The summed E-state index contributed by atoms with van der Waals surface area (Å²) in [7, 11) is 0. The van der Waals surface area contributed by atoms with Gasteiger partial charge in [0.2, 0.25) is 0 Å². The van der Waals surface area contributed by atoms with Gasteiger partial charge in [-0.25, -0.2) is 0 Å². The van der Waals surface area contributed by atoms with Gasteiger partial charge in [-0.3, -0.25) is 0 Å². The first-order valence-electron chi connectivity index (χ1n) is 5.93. The number of para-hydroxylation sites is 2. The van der Waals surface area contributed by atoms with E-state index in [1.165, 1.54) is 0 Å². The summed E-state index contributed by atoms with van der Waals surface area (Å²) in [6, 6.07) is 15.6. The van der Waals surface area contributed by atoms with Crippen LogP contribution in [0.5, 0.6) is 11.5 Å². The largest absolute Gasteiger partial charge is 0.512 e. The maximum atomic E-state index is 7.13. The van der Waals surface area contributed by atoms with Crippen molar-refractivity contribution >= 4 is 5.57 Å². The van der Waals surface area contributed by atoms with Crippen molar-refractivity contribution in [2.45, 2.75) is 6.92 Å². The minimum Gasteiger partial charge on any atom is -0.512 e. The van der Waals surface area contributed by atoms with Crippen molar-refractivity contribution in [2.75, 3.05) is 0 Å². The first kappa shape index (κ1) is 8.88. The van der Waals surface area contributed by atoms with E-state index in [1.807, 2.05) is 48.5 Å². The molecule has 0 unspecified atom stereocenters. The lowest BCUT2D eigenvalue weighted by molar-refractivity contribution is 0.414. The van der Waals surface area contributed by atoms with Gasteiger partial charge in [-0.05, 0) is 19.1 Å². The Morgan fingerprint density at radius 3 is 2.06 bits per heavy atom. The molecule has 1 N–H and O–H groups in total. The van der Waals surface area contributed by atoms with Gasteiger partial charge in [0.15, 0.2) is 0 Å². The Balaban J connectivity index is 2.31. The molecule has 0 aliphatic carbocycles. The van der Waals surface area contributed by atoms with Crippen LogP contribution >= 0.6 is 0 Å². The lowest BCUT2D eigenvalue weighted by Crippen LogP contribution is -2.03. The number of fused-ring (bicyclic) bond motifs is 2. The maximum Gasteiger partial charge on any atom is 0.293 e. The number of aliphatic hydroxyl groups excluding tert-OH is 1. The molecule has 3 rings (SSSR count). The second-order valence-corrected chi connectivity index (χ2v) is 4.03. The van der Waals surface area contributed by atoms with Gasteiger partial charge in [0.1, 0.15) is 11.5 Å². The molecule has 0 aromatic heterocycles. The van der Waals surface area contributed by atoms with Gasteiger partial charge in [-0.2, -0.15) is 0 Å². The lowest BCUT2D eigenvalue weighted by Gasteiger charge is -2.23. The summed E-state index contributed by atoms with van der Waals surface area (Å²) in [5, 5.41) is 4.68. The van der Waals surface area contributed by atoms with E-state index < -0.39 is 0 Å². The SMILES string of the molecule is [2H]OC(C)=C1c2ccccc2Oc2ccccc21. The number of aliphatic hydroxyl groups is 1. The average Bonchev–Trinajstić information content (AvgIpc) is 2.44. The van der Waals surface area contributed by atoms with Crippen LogP contribution in [0, 0.1) is 0 Å². The highest BCUT2D eigenvalue weighted by Gasteiger charge is 2.22. The number of allylic oxidation sites excluding steroid dienone is 1. The van der Waals surface area contributed by atoms with Crippen molar-refractivity contribution in [3.8, 4) is 11.5 Å². The van der Waals surface area contributed by atoms with Crippen LogP contribution in [0.25, 0.3) is 7.00 Å². The molecule has 0 bridgehead atoms. The molecule has 1 aliphatic heterocycles. The number of hydrogen-bond donors (Lipinski definition) is 1. The summed E-state index contributed by atoms with van der Waals surface area (Å²) < 4.78 is 13.0. The topological polar surface area (TPSA) is 29.5 Å². The van der Waals surface area contributed by atoms with E-state index in [0.29, 0.717) is 5.76 Å². The Labute approximate surface area is 101 Å². The van der Waals surface area contributed by atoms with Crippen LogP contribution in [0.3, 0.4) is 0 Å². The van der Waals surface area contributed by atoms with E-state index in [-0.39, 0.29) is 0 Å². The zero-order valence-electron chi connectivity index (χ0n) is 10.4. The molecule has 17 heavy (non-hydrogen) atoms. The molecule has 2 nitrogen and oxygen atoms in total. The maximum absolute atomic E-state index is 7.13. The molecule has 2 aromatic rings. The number of hydrogen-bond acceptors (Lipinski definition) is 2. The van der Waals surface area contributed by atoms with Gasteiger partial charge >= 0.3 is 0 Å². The first-order chi connectivity index (χ1) is 8.81. The van der Waals surface area contributed by atoms with E-state index in [0.717, 1.165) is 28.2 Å². The van der Waals surface area contributed by atoms with E-state index in [2.05, 4.69) is 5.11 Å². The normalized spacial score (nSPS) is 13.0. The number of benzene rings is 2. The Hall–Kier alpha value is -2.22. The van der Waals surface area contributed by atoms with Gasteiger partial charge in [-0.1, -0.05) is 36.4 Å². The Morgan fingerprint density at radius 2 is 1.53 bits per heavy atom. The van der Waals surface area contributed by atoms with Crippen LogP contribution < -0.4 is 4.74 Å². The molecule has 84 valence electrons. The van der Waals surface area contributed by atoms with Crippen LogP contribution in [0.2, 0.25) is 0 Å². The number of ether oxygens (including phenoxy) is 1. The zero-order valence-corrected chi connectivity index (χ0v) is 9.44. The van der Waals surface area contributed by atoms with Crippen LogP contribution in [0.1, 0.15) is 18.1 Å². The Morgan fingerprint density at radius 1 is 1.00 bits per heavy atom. The van der Waals surface area contributed by atoms with Crippen LogP contribution in [0.4, 0.5) is 0 Å². The van der Waals surface area contributed by atoms with E-state index in [9.17, 15) is 0 Å². The lowest BCUT2D eigenvalue weighted by atomic mass is 9.93. The van der Waals surface area contributed by atoms with Crippen LogP contribution in [-0.4, -0.2) is 5.11 Å². The smallest absolute Gasteiger partial charge is 0.293 e. The molecular weight excluding hydrogens is 212 g/mol. The van der Waals surface area contributed by atoms with Gasteiger partial charge in [0.05, 0.1) is 5.76 Å². The molecule has 1 aliphatic rings. The molecule has 0 spiro atoms. The van der Waals surface area contributed by atoms with Gasteiger partial charge < -0.3 is 9.85 Å². The van der Waals surface area contributed by atoms with Crippen molar-refractivity contribution in [2.24, 2.45) is 0 Å². The monoisotopic (exact) mass is 225 g/mol. The van der Waals surface area contributed by atoms with Gasteiger partial charge in [0.25, 0.3) is 1.43 Å². The summed E-state index contributed by atoms with van der Waals surface area (Å²) in [5.41, 5.74) is 2.84. The predicted molar refractivity (Wildman–Crippen MR) is 67.3 cm³/mol. The second-order valence-electron chi connectivity index (χ2n) is 4.03. The molecule has 0 fully saturated rings. The van der Waals surface area contributed by atoms with Gasteiger partial charge in [-0.15, -0.1) is 0 Å². The third kappa shape index (κ3) is 1.49. The van der Waals surface area contributed by atoms with Crippen molar-refractivity contribution in [3.63, 3.8) is 0 Å². The molecular formula is C15H12O2. The average molecular weight is 225 g/mol. The highest BCUT2D eigenvalue weighted by Crippen LogP contribution is 2.44. The fourth-order valence-electron chi connectivity index (χ4n) is 2.17. The Kier molecular flexibility index (Phi) is 1.91. The van der Waals surface area contributed by atoms with Crippen LogP contribution in [-0.2, 0) is 0 Å². The van der Waals surface area contributed by atoms with Crippen LogP contribution in [0.15, 0.2) is 54.3 Å². The zero-order chi connectivity index (χ0) is 12.5. The van der Waals surface area contributed by atoms with E-state index in [4.69, 9.17) is 6.17 Å². The van der Waals surface area contributed by atoms with Crippen molar-refractivity contribution < 1.29 is 9.85 Å². The molecule has 0 radical (unpaired) electrons. The molecule has 0 saturated heterocycles. The molecule has 2 heteroatoms. The third-order valence-corrected chi connectivity index (χ3v) is 2.88. The predicted octanol–water partition coefficient (Wildman–Crippen LogP) is 4.13. The van der Waals surface area contributed by atoms with E-state index in [1.54, 1.807) is 6.92 Å². The number of rotatable bonds is 1. The molecule has 0 atom stereocenters. The molecule has 0 amide bonds.